The Labute approximate surface area is 296 Å². The van der Waals surface area contributed by atoms with Crippen LogP contribution in [0.5, 0.6) is 0 Å². The molecule has 3 saturated heterocycles. The van der Waals surface area contributed by atoms with Crippen molar-refractivity contribution in [2.75, 3.05) is 19.7 Å². The normalized spacial score (nSPS) is 26.8. The molecule has 0 aromatic heterocycles. The van der Waals surface area contributed by atoms with Crippen LogP contribution in [0.2, 0.25) is 0 Å². The summed E-state index contributed by atoms with van der Waals surface area (Å²) in [6.07, 6.45) is 2.77. The molecule has 8 atom stereocenters. The number of carbonyl (C=O) groups is 4. The molecule has 1 spiro atoms. The highest BCUT2D eigenvalue weighted by molar-refractivity contribution is 9.09. The van der Waals surface area contributed by atoms with Crippen LogP contribution in [0.1, 0.15) is 63.3 Å². The van der Waals surface area contributed by atoms with Gasteiger partial charge in [-0.15, -0.1) is 13.2 Å². The van der Waals surface area contributed by atoms with Gasteiger partial charge in [-0.1, -0.05) is 88.7 Å². The predicted octanol–water partition coefficient (Wildman–Crippen LogP) is 4.65. The summed E-state index contributed by atoms with van der Waals surface area (Å²) < 4.78 is 12.9. The number of carbonyl (C=O) groups excluding carboxylic acids is 4. The first-order valence-electron chi connectivity index (χ1n) is 16.7. The van der Waals surface area contributed by atoms with E-state index in [1.54, 1.807) is 29.2 Å². The molecular weight excluding hydrogens is 690 g/mol. The fourth-order valence-corrected chi connectivity index (χ4v) is 8.54. The van der Waals surface area contributed by atoms with Crippen molar-refractivity contribution in [1.29, 1.82) is 0 Å². The van der Waals surface area contributed by atoms with Crippen LogP contribution in [-0.4, -0.2) is 86.4 Å². The van der Waals surface area contributed by atoms with Crippen molar-refractivity contribution in [1.82, 2.24) is 15.1 Å². The lowest BCUT2D eigenvalue weighted by Crippen LogP contribution is -2.60. The summed E-state index contributed by atoms with van der Waals surface area (Å²) in [5.74, 6) is -3.76. The minimum absolute atomic E-state index is 0.0292. The average molecular weight is 737 g/mol. The molecule has 3 aliphatic rings. The molecule has 2 aromatic rings. The molecule has 0 radical (unpaired) electrons. The van der Waals surface area contributed by atoms with E-state index in [2.05, 4.69) is 34.4 Å². The molecule has 3 heterocycles. The Hall–Kier alpha value is -3.80. The van der Waals surface area contributed by atoms with Crippen molar-refractivity contribution < 1.29 is 33.8 Å². The molecule has 2 aromatic carbocycles. The first-order valence-corrected chi connectivity index (χ1v) is 17.7. The molecule has 49 heavy (non-hydrogen) atoms. The molecule has 0 aliphatic carbocycles. The number of allylic oxidation sites excluding steroid dienone is 1. The van der Waals surface area contributed by atoms with Crippen LogP contribution in [0.15, 0.2) is 86.0 Å². The number of esters is 1. The summed E-state index contributed by atoms with van der Waals surface area (Å²) in [6.45, 7) is 13.1. The van der Waals surface area contributed by atoms with Crippen LogP contribution in [-0.2, 0) is 28.7 Å². The predicted molar refractivity (Wildman–Crippen MR) is 188 cm³/mol. The summed E-state index contributed by atoms with van der Waals surface area (Å²) in [5.41, 5.74) is -0.682. The van der Waals surface area contributed by atoms with E-state index in [1.807, 2.05) is 69.3 Å². The Balaban J connectivity index is 1.55. The molecule has 262 valence electrons. The van der Waals surface area contributed by atoms with Crippen molar-refractivity contribution in [3.05, 3.63) is 97.1 Å². The topological polar surface area (TPSA) is 125 Å². The van der Waals surface area contributed by atoms with Crippen molar-refractivity contribution in [2.24, 2.45) is 11.8 Å². The maximum atomic E-state index is 14.8. The molecule has 2 bridgehead atoms. The Kier molecular flexibility index (Phi) is 11.2. The zero-order chi connectivity index (χ0) is 35.5. The van der Waals surface area contributed by atoms with Gasteiger partial charge in [-0.05, 0) is 44.7 Å². The zero-order valence-corrected chi connectivity index (χ0v) is 29.9. The summed E-state index contributed by atoms with van der Waals surface area (Å²) in [6, 6.07) is 16.1. The largest absolute Gasteiger partial charge is 0.455 e. The number of hydrogen-bond acceptors (Lipinski definition) is 7. The maximum absolute atomic E-state index is 14.8. The number of aliphatic hydroxyl groups is 1. The number of halogens is 1. The third-order valence-corrected chi connectivity index (χ3v) is 10.6. The monoisotopic (exact) mass is 735 g/mol. The van der Waals surface area contributed by atoms with Crippen LogP contribution in [0, 0.1) is 11.8 Å². The van der Waals surface area contributed by atoms with E-state index >= 15 is 0 Å². The van der Waals surface area contributed by atoms with E-state index in [0.717, 1.165) is 0 Å². The second kappa shape index (κ2) is 15.0. The third-order valence-electron chi connectivity index (χ3n) is 9.80. The number of ether oxygens (including phenoxy) is 2. The zero-order valence-electron chi connectivity index (χ0n) is 28.3. The number of hydrogen-bond donors (Lipinski definition) is 2. The van der Waals surface area contributed by atoms with Crippen LogP contribution in [0.4, 0.5) is 0 Å². The molecule has 3 fully saturated rings. The summed E-state index contributed by atoms with van der Waals surface area (Å²) in [5, 5.41) is 13.7. The number of nitrogens with one attached hydrogen (secondary N) is 1. The highest BCUT2D eigenvalue weighted by Gasteiger charge is 2.78. The van der Waals surface area contributed by atoms with Gasteiger partial charge in [0.25, 0.3) is 0 Å². The van der Waals surface area contributed by atoms with Crippen molar-refractivity contribution in [3.8, 4) is 0 Å². The van der Waals surface area contributed by atoms with Gasteiger partial charge in [0.15, 0.2) is 0 Å². The van der Waals surface area contributed by atoms with Gasteiger partial charge in [-0.3, -0.25) is 19.2 Å². The van der Waals surface area contributed by atoms with Gasteiger partial charge in [0, 0.05) is 23.3 Å². The Bertz CT molecular complexity index is 1550. The SMILES string of the molecule is C=CCCC(=O)NC[C@H](OC(=O)[C@@H]1[C@H]2O[C@@]3(CC2Br)[C@H](C(=O)N(CC=C)C(C)(C)C)N([C@H](CO)c2ccccc2)C(=O)[C@@H]13)c1ccccc1. The fraction of sp³-hybridized carbons (Fsp3) is 0.474. The first kappa shape index (κ1) is 36.5. The number of alkyl halides is 1. The summed E-state index contributed by atoms with van der Waals surface area (Å²) in [7, 11) is 0. The van der Waals surface area contributed by atoms with E-state index in [9.17, 15) is 24.3 Å². The van der Waals surface area contributed by atoms with E-state index in [4.69, 9.17) is 9.47 Å². The van der Waals surface area contributed by atoms with E-state index in [0.29, 0.717) is 24.0 Å². The molecule has 10 nitrogen and oxygen atoms in total. The molecule has 11 heteroatoms. The minimum Gasteiger partial charge on any atom is -0.455 e. The van der Waals surface area contributed by atoms with Crippen LogP contribution >= 0.6 is 15.9 Å². The van der Waals surface area contributed by atoms with E-state index in [1.165, 1.54) is 4.90 Å². The van der Waals surface area contributed by atoms with Crippen LogP contribution in [0.3, 0.4) is 0 Å². The van der Waals surface area contributed by atoms with Crippen LogP contribution in [0.25, 0.3) is 0 Å². The maximum Gasteiger partial charge on any atom is 0.313 e. The lowest BCUT2D eigenvalue weighted by molar-refractivity contribution is -0.161. The van der Waals surface area contributed by atoms with Gasteiger partial charge in [0.05, 0.1) is 37.1 Å². The third kappa shape index (κ3) is 6.98. The second-order valence-corrected chi connectivity index (χ2v) is 15.1. The van der Waals surface area contributed by atoms with Gasteiger partial charge in [-0.25, -0.2) is 0 Å². The van der Waals surface area contributed by atoms with Gasteiger partial charge in [-0.2, -0.15) is 0 Å². The number of rotatable bonds is 14. The molecule has 5 rings (SSSR count). The quantitative estimate of drug-likeness (QED) is 0.165. The fourth-order valence-electron chi connectivity index (χ4n) is 7.59. The lowest BCUT2D eigenvalue weighted by Gasteiger charge is -2.43. The van der Waals surface area contributed by atoms with Crippen molar-refractivity contribution in [2.45, 2.75) is 80.3 Å². The standard InChI is InChI=1S/C38H46BrN3O7/c1-6-8-19-29(44)40-22-28(25-17-13-10-14-18-25)48-36(47)30-31-34(45)42(27(23-43)24-15-11-9-12-16-24)33(38(31)21-26(39)32(30)49-38)35(46)41(20-7-2)37(3,4)5/h6-7,9-18,26-28,30-33,43H,1-2,8,19-23H2,3-5H3,(H,40,44)/t26?,27-,28+,30+,31-,32+,33+,38-/m1/s1. The van der Waals surface area contributed by atoms with Gasteiger partial charge >= 0.3 is 5.97 Å². The van der Waals surface area contributed by atoms with Crippen molar-refractivity contribution >= 4 is 39.6 Å². The Morgan fingerprint density at radius 2 is 1.73 bits per heavy atom. The van der Waals surface area contributed by atoms with Crippen LogP contribution < -0.4 is 5.32 Å². The summed E-state index contributed by atoms with van der Waals surface area (Å²) in [4.78, 5) is 59.3. The minimum atomic E-state index is -1.37. The highest BCUT2D eigenvalue weighted by atomic mass is 79.9. The Morgan fingerprint density at radius 3 is 2.31 bits per heavy atom. The average Bonchev–Trinajstić information content (AvgIpc) is 3.68. The molecule has 3 amide bonds. The number of likely N-dealkylation sites (tertiary alicyclic amines) is 1. The molecule has 2 N–H and O–H groups in total. The summed E-state index contributed by atoms with van der Waals surface area (Å²) >= 11 is 3.73. The van der Waals surface area contributed by atoms with Crippen molar-refractivity contribution in [3.63, 3.8) is 0 Å². The smallest absolute Gasteiger partial charge is 0.313 e. The molecule has 1 unspecified atom stereocenters. The first-order chi connectivity index (χ1) is 23.4. The number of fused-ring (bicyclic) bond motifs is 1. The number of aliphatic hydroxyl groups excluding tert-OH is 1. The number of nitrogens with zero attached hydrogens (tertiary/aromatic N) is 2. The van der Waals surface area contributed by atoms with E-state index in [-0.39, 0.29) is 36.2 Å². The Morgan fingerprint density at radius 1 is 1.10 bits per heavy atom. The molecular formula is C38H46BrN3O7. The molecule has 3 aliphatic heterocycles. The number of amides is 3. The van der Waals surface area contributed by atoms with Gasteiger partial charge in [0.1, 0.15) is 17.7 Å². The number of benzene rings is 2. The second-order valence-electron chi connectivity index (χ2n) is 13.9. The van der Waals surface area contributed by atoms with Gasteiger partial charge < -0.3 is 29.7 Å². The van der Waals surface area contributed by atoms with Gasteiger partial charge in [0.2, 0.25) is 17.7 Å². The highest BCUT2D eigenvalue weighted by Crippen LogP contribution is 2.61. The molecule has 0 saturated carbocycles. The lowest BCUT2D eigenvalue weighted by atomic mass is 9.70. The van der Waals surface area contributed by atoms with E-state index < -0.39 is 65.8 Å².